The van der Waals surface area contributed by atoms with Gasteiger partial charge in [0, 0.05) is 19.6 Å². The molecule has 0 aromatic heterocycles. The molecule has 0 aliphatic carbocycles. The lowest BCUT2D eigenvalue weighted by Gasteiger charge is -2.34. The molecule has 2 aliphatic heterocycles. The first-order chi connectivity index (χ1) is 14.6. The Hall–Kier alpha value is -2.13. The van der Waals surface area contributed by atoms with Crippen molar-refractivity contribution in [2.75, 3.05) is 37.7 Å². The highest BCUT2D eigenvalue weighted by Crippen LogP contribution is 2.36. The van der Waals surface area contributed by atoms with Crippen LogP contribution in [0.1, 0.15) is 40.5 Å². The fraction of sp³-hybridized carbons (Fsp3) is 0.636. The van der Waals surface area contributed by atoms with Crippen LogP contribution < -0.4 is 15.0 Å². The van der Waals surface area contributed by atoms with Gasteiger partial charge < -0.3 is 10.1 Å². The molecule has 1 saturated heterocycles. The molecule has 0 bridgehead atoms. The molecule has 172 valence electrons. The Labute approximate surface area is 185 Å². The van der Waals surface area contributed by atoms with E-state index in [0.717, 1.165) is 12.8 Å². The van der Waals surface area contributed by atoms with Crippen LogP contribution in [0.5, 0.6) is 5.75 Å². The number of nitrogens with zero attached hydrogens (tertiary/aromatic N) is 2. The SMILES string of the molecule is CC(C)CCNC(=O)CN1C(=O)COc2ccc(S(=O)(=O)N3C[C@H](C)C[C@@H](C)C3)cc21. The highest BCUT2D eigenvalue weighted by Gasteiger charge is 2.34. The molecule has 31 heavy (non-hydrogen) atoms. The molecule has 1 fully saturated rings. The van der Waals surface area contributed by atoms with Crippen molar-refractivity contribution in [3.8, 4) is 5.75 Å². The van der Waals surface area contributed by atoms with Crippen LogP contribution in [0.4, 0.5) is 5.69 Å². The summed E-state index contributed by atoms with van der Waals surface area (Å²) in [7, 11) is -3.72. The standard InChI is InChI=1S/C22H33N3O5S/c1-15(2)7-8-23-21(26)13-25-19-10-18(5-6-20(19)30-14-22(25)27)31(28,29)24-11-16(3)9-17(4)12-24/h5-6,10,15-17H,7-9,11-14H2,1-4H3,(H,23,26)/t16-,17-/m1/s1. The highest BCUT2D eigenvalue weighted by atomic mass is 32.2. The minimum absolute atomic E-state index is 0.107. The topological polar surface area (TPSA) is 96.0 Å². The number of sulfonamides is 1. The summed E-state index contributed by atoms with van der Waals surface area (Å²) in [5.74, 6) is 0.766. The zero-order valence-electron chi connectivity index (χ0n) is 18.8. The molecule has 0 spiro atoms. The van der Waals surface area contributed by atoms with Crippen molar-refractivity contribution in [1.29, 1.82) is 0 Å². The number of rotatable bonds is 7. The summed E-state index contributed by atoms with van der Waals surface area (Å²) in [6.07, 6.45) is 1.84. The number of ether oxygens (including phenoxy) is 1. The molecule has 3 rings (SSSR count). The first-order valence-corrected chi connectivity index (χ1v) is 12.4. The van der Waals surface area contributed by atoms with Crippen molar-refractivity contribution >= 4 is 27.5 Å². The third-order valence-corrected chi connectivity index (χ3v) is 7.52. The molecule has 1 N–H and O–H groups in total. The molecule has 9 heteroatoms. The average molecular weight is 452 g/mol. The van der Waals surface area contributed by atoms with E-state index in [4.69, 9.17) is 4.74 Å². The predicted molar refractivity (Wildman–Crippen MR) is 118 cm³/mol. The van der Waals surface area contributed by atoms with E-state index in [1.54, 1.807) is 6.07 Å². The quantitative estimate of drug-likeness (QED) is 0.686. The third kappa shape index (κ3) is 5.57. The van der Waals surface area contributed by atoms with Gasteiger partial charge in [0.15, 0.2) is 6.61 Å². The first kappa shape index (κ1) is 23.5. The van der Waals surface area contributed by atoms with Crippen LogP contribution in [0.2, 0.25) is 0 Å². The first-order valence-electron chi connectivity index (χ1n) is 10.9. The molecule has 1 aromatic carbocycles. The number of amides is 2. The van der Waals surface area contributed by atoms with Crippen LogP contribution in [-0.4, -0.2) is 57.3 Å². The lowest BCUT2D eigenvalue weighted by molar-refractivity contribution is -0.125. The van der Waals surface area contributed by atoms with E-state index < -0.39 is 10.0 Å². The van der Waals surface area contributed by atoms with Crippen LogP contribution >= 0.6 is 0 Å². The minimum atomic E-state index is -3.72. The van der Waals surface area contributed by atoms with Crippen molar-refractivity contribution in [3.05, 3.63) is 18.2 Å². The fourth-order valence-corrected chi connectivity index (χ4v) is 5.87. The van der Waals surface area contributed by atoms with E-state index in [-0.39, 0.29) is 41.7 Å². The van der Waals surface area contributed by atoms with Crippen molar-refractivity contribution in [2.45, 2.75) is 45.4 Å². The van der Waals surface area contributed by atoms with Crippen LogP contribution in [0.25, 0.3) is 0 Å². The van der Waals surface area contributed by atoms with Gasteiger partial charge in [-0.2, -0.15) is 4.31 Å². The predicted octanol–water partition coefficient (Wildman–Crippen LogP) is 2.24. The maximum atomic E-state index is 13.3. The van der Waals surface area contributed by atoms with Gasteiger partial charge in [-0.3, -0.25) is 14.5 Å². The molecule has 2 atom stereocenters. The second-order valence-corrected chi connectivity index (χ2v) is 11.1. The summed E-state index contributed by atoms with van der Waals surface area (Å²) >= 11 is 0. The van der Waals surface area contributed by atoms with E-state index in [0.29, 0.717) is 37.0 Å². The van der Waals surface area contributed by atoms with Gasteiger partial charge in [-0.15, -0.1) is 0 Å². The number of hydrogen-bond donors (Lipinski definition) is 1. The fourth-order valence-electron chi connectivity index (χ4n) is 4.17. The Kier molecular flexibility index (Phi) is 7.26. The van der Waals surface area contributed by atoms with E-state index in [2.05, 4.69) is 33.0 Å². The number of nitrogens with one attached hydrogen (secondary N) is 1. The van der Waals surface area contributed by atoms with E-state index in [1.807, 2.05) is 0 Å². The van der Waals surface area contributed by atoms with Gasteiger partial charge in [-0.05, 0) is 48.8 Å². The Morgan fingerprint density at radius 2 is 1.90 bits per heavy atom. The molecular weight excluding hydrogens is 418 g/mol. The zero-order chi connectivity index (χ0) is 22.8. The summed E-state index contributed by atoms with van der Waals surface area (Å²) in [6.45, 7) is 9.37. The summed E-state index contributed by atoms with van der Waals surface area (Å²) < 4.78 is 33.6. The number of piperidine rings is 1. The van der Waals surface area contributed by atoms with E-state index in [1.165, 1.54) is 21.3 Å². The van der Waals surface area contributed by atoms with Crippen LogP contribution in [0, 0.1) is 17.8 Å². The van der Waals surface area contributed by atoms with Gasteiger partial charge in [0.2, 0.25) is 15.9 Å². The van der Waals surface area contributed by atoms with E-state index >= 15 is 0 Å². The minimum Gasteiger partial charge on any atom is -0.482 e. The molecule has 1 aromatic rings. The molecule has 2 heterocycles. The maximum absolute atomic E-state index is 13.3. The molecule has 0 radical (unpaired) electrons. The van der Waals surface area contributed by atoms with Gasteiger partial charge in [-0.25, -0.2) is 8.42 Å². The van der Waals surface area contributed by atoms with Gasteiger partial charge in [-0.1, -0.05) is 27.7 Å². The van der Waals surface area contributed by atoms with Gasteiger partial charge in [0.1, 0.15) is 12.3 Å². The monoisotopic (exact) mass is 451 g/mol. The van der Waals surface area contributed by atoms with Crippen molar-refractivity contribution in [1.82, 2.24) is 9.62 Å². The highest BCUT2D eigenvalue weighted by molar-refractivity contribution is 7.89. The third-order valence-electron chi connectivity index (χ3n) is 5.69. The molecule has 2 amide bonds. The summed E-state index contributed by atoms with van der Waals surface area (Å²) in [5.41, 5.74) is 0.314. The Balaban J connectivity index is 1.83. The van der Waals surface area contributed by atoms with Gasteiger partial charge in [0.05, 0.1) is 10.6 Å². The second-order valence-electron chi connectivity index (χ2n) is 9.20. The molecule has 8 nitrogen and oxygen atoms in total. The lowest BCUT2D eigenvalue weighted by atomic mass is 9.94. The normalized spacial score (nSPS) is 22.2. The summed E-state index contributed by atoms with van der Waals surface area (Å²) in [4.78, 5) is 26.3. The maximum Gasteiger partial charge on any atom is 0.265 e. The smallest absolute Gasteiger partial charge is 0.265 e. The van der Waals surface area contributed by atoms with Crippen molar-refractivity contribution in [3.63, 3.8) is 0 Å². The Morgan fingerprint density at radius 3 is 2.55 bits per heavy atom. The number of carbonyl (C=O) groups is 2. The van der Waals surface area contributed by atoms with Crippen molar-refractivity contribution < 1.29 is 22.7 Å². The van der Waals surface area contributed by atoms with E-state index in [9.17, 15) is 18.0 Å². The Morgan fingerprint density at radius 1 is 1.23 bits per heavy atom. The lowest BCUT2D eigenvalue weighted by Crippen LogP contribution is -2.45. The largest absolute Gasteiger partial charge is 0.482 e. The molecule has 0 saturated carbocycles. The van der Waals surface area contributed by atoms with Crippen LogP contribution in [0.15, 0.2) is 23.1 Å². The zero-order valence-corrected chi connectivity index (χ0v) is 19.6. The number of hydrogen-bond acceptors (Lipinski definition) is 5. The number of benzene rings is 1. The van der Waals surface area contributed by atoms with Gasteiger partial charge in [0.25, 0.3) is 5.91 Å². The summed E-state index contributed by atoms with van der Waals surface area (Å²) in [5, 5.41) is 2.82. The number of carbonyl (C=O) groups excluding carboxylic acids is 2. The van der Waals surface area contributed by atoms with Crippen LogP contribution in [0.3, 0.4) is 0 Å². The second kappa shape index (κ2) is 9.56. The Bertz CT molecular complexity index is 921. The summed E-state index contributed by atoms with van der Waals surface area (Å²) in [6, 6.07) is 4.52. The number of fused-ring (bicyclic) bond motifs is 1. The molecular formula is C22H33N3O5S. The number of anilines is 1. The molecule has 2 aliphatic rings. The van der Waals surface area contributed by atoms with Gasteiger partial charge >= 0.3 is 0 Å². The van der Waals surface area contributed by atoms with Crippen molar-refractivity contribution in [2.24, 2.45) is 17.8 Å². The average Bonchev–Trinajstić information content (AvgIpc) is 2.68. The molecule has 0 unspecified atom stereocenters. The van der Waals surface area contributed by atoms with Crippen LogP contribution in [-0.2, 0) is 19.6 Å².